The summed E-state index contributed by atoms with van der Waals surface area (Å²) in [7, 11) is 0. The Morgan fingerprint density at radius 1 is 1.30 bits per heavy atom. The fourth-order valence-corrected chi connectivity index (χ4v) is 3.07. The zero-order chi connectivity index (χ0) is 16.2. The van der Waals surface area contributed by atoms with Crippen LogP contribution in [0.25, 0.3) is 11.4 Å². The minimum Gasteiger partial charge on any atom is -0.393 e. The van der Waals surface area contributed by atoms with Crippen LogP contribution in [0.2, 0.25) is 0 Å². The molecule has 2 aromatic rings. The van der Waals surface area contributed by atoms with Gasteiger partial charge in [-0.05, 0) is 38.3 Å². The van der Waals surface area contributed by atoms with Crippen molar-refractivity contribution < 1.29 is 5.11 Å². The molecule has 0 saturated carbocycles. The van der Waals surface area contributed by atoms with Gasteiger partial charge >= 0.3 is 0 Å². The topological polar surface area (TPSA) is 62.1 Å². The first-order valence-corrected chi connectivity index (χ1v) is 8.38. The predicted molar refractivity (Wildman–Crippen MR) is 91.3 cm³/mol. The van der Waals surface area contributed by atoms with Crippen LogP contribution in [0.15, 0.2) is 30.6 Å². The third-order valence-electron chi connectivity index (χ3n) is 4.53. The molecular formula is C18H24N4O. The third kappa shape index (κ3) is 3.67. The van der Waals surface area contributed by atoms with Crippen molar-refractivity contribution in [3.63, 3.8) is 0 Å². The summed E-state index contributed by atoms with van der Waals surface area (Å²) in [5.74, 6) is 2.03. The molecule has 23 heavy (non-hydrogen) atoms. The third-order valence-corrected chi connectivity index (χ3v) is 4.53. The van der Waals surface area contributed by atoms with Crippen molar-refractivity contribution in [3.05, 3.63) is 36.3 Å². The molecule has 0 amide bonds. The molecule has 1 saturated heterocycles. The van der Waals surface area contributed by atoms with Crippen LogP contribution in [0.5, 0.6) is 0 Å². The zero-order valence-corrected chi connectivity index (χ0v) is 13.8. The first-order valence-electron chi connectivity index (χ1n) is 8.38. The minimum absolute atomic E-state index is 0.273. The number of piperidine rings is 1. The van der Waals surface area contributed by atoms with Crippen LogP contribution in [0.3, 0.4) is 0 Å². The first-order chi connectivity index (χ1) is 11.2. The highest BCUT2D eigenvalue weighted by molar-refractivity contribution is 5.57. The van der Waals surface area contributed by atoms with E-state index in [4.69, 9.17) is 4.98 Å². The summed E-state index contributed by atoms with van der Waals surface area (Å²) >= 11 is 0. The normalized spacial score (nSPS) is 19.6. The molecule has 1 N–H and O–H groups in total. The number of anilines is 1. The summed E-state index contributed by atoms with van der Waals surface area (Å²) in [4.78, 5) is 15.8. The van der Waals surface area contributed by atoms with Gasteiger partial charge in [-0.15, -0.1) is 0 Å². The number of hydrogen-bond donors (Lipinski definition) is 1. The van der Waals surface area contributed by atoms with E-state index in [-0.39, 0.29) is 6.10 Å². The van der Waals surface area contributed by atoms with E-state index in [0.717, 1.165) is 55.3 Å². The van der Waals surface area contributed by atoms with Crippen LogP contribution in [0, 0.1) is 5.92 Å². The molecule has 1 aliphatic heterocycles. The molecule has 0 aliphatic carbocycles. The Hall–Kier alpha value is -2.01. The fourth-order valence-electron chi connectivity index (χ4n) is 3.07. The van der Waals surface area contributed by atoms with Gasteiger partial charge in [0, 0.05) is 48.7 Å². The van der Waals surface area contributed by atoms with Crippen molar-refractivity contribution in [3.8, 4) is 11.4 Å². The van der Waals surface area contributed by atoms with Crippen LogP contribution in [0.1, 0.15) is 32.4 Å². The molecule has 3 rings (SSSR count). The van der Waals surface area contributed by atoms with Gasteiger partial charge in [-0.25, -0.2) is 9.97 Å². The van der Waals surface area contributed by atoms with Crippen LogP contribution in [0.4, 0.5) is 5.82 Å². The van der Waals surface area contributed by atoms with E-state index in [9.17, 15) is 5.11 Å². The molecule has 2 aromatic heterocycles. The smallest absolute Gasteiger partial charge is 0.161 e. The van der Waals surface area contributed by atoms with Gasteiger partial charge in [0.1, 0.15) is 5.82 Å². The average molecular weight is 312 g/mol. The summed E-state index contributed by atoms with van der Waals surface area (Å²) in [5.41, 5.74) is 2.03. The van der Waals surface area contributed by atoms with E-state index in [0.29, 0.717) is 5.92 Å². The Balaban J connectivity index is 1.92. The molecule has 2 unspecified atom stereocenters. The summed E-state index contributed by atoms with van der Waals surface area (Å²) in [6, 6.07) is 5.95. The number of aryl methyl sites for hydroxylation is 1. The maximum Gasteiger partial charge on any atom is 0.161 e. The van der Waals surface area contributed by atoms with Crippen molar-refractivity contribution in [2.45, 2.75) is 39.2 Å². The van der Waals surface area contributed by atoms with Gasteiger partial charge in [0.2, 0.25) is 0 Å². The second-order valence-corrected chi connectivity index (χ2v) is 6.22. The molecule has 0 radical (unpaired) electrons. The number of nitrogens with zero attached hydrogens (tertiary/aromatic N) is 4. The largest absolute Gasteiger partial charge is 0.393 e. The Kier molecular flexibility index (Phi) is 4.86. The van der Waals surface area contributed by atoms with Crippen LogP contribution >= 0.6 is 0 Å². The number of hydrogen-bond acceptors (Lipinski definition) is 5. The maximum absolute atomic E-state index is 9.91. The van der Waals surface area contributed by atoms with Gasteiger partial charge in [0.15, 0.2) is 5.82 Å². The first kappa shape index (κ1) is 15.9. The van der Waals surface area contributed by atoms with Crippen molar-refractivity contribution in [2.75, 3.05) is 18.0 Å². The Morgan fingerprint density at radius 3 is 2.78 bits per heavy atom. The molecule has 3 heterocycles. The van der Waals surface area contributed by atoms with E-state index in [1.807, 2.05) is 19.1 Å². The molecule has 0 aromatic carbocycles. The zero-order valence-electron chi connectivity index (χ0n) is 13.8. The maximum atomic E-state index is 9.91. The number of pyridine rings is 1. The molecule has 0 bridgehead atoms. The number of aliphatic hydroxyl groups excluding tert-OH is 1. The molecule has 1 fully saturated rings. The van der Waals surface area contributed by atoms with Crippen LogP contribution in [-0.4, -0.2) is 39.3 Å². The molecule has 0 spiro atoms. The van der Waals surface area contributed by atoms with E-state index in [1.54, 1.807) is 12.4 Å². The number of rotatable bonds is 4. The van der Waals surface area contributed by atoms with Gasteiger partial charge in [-0.1, -0.05) is 6.92 Å². The summed E-state index contributed by atoms with van der Waals surface area (Å²) < 4.78 is 0. The highest BCUT2D eigenvalue weighted by Gasteiger charge is 2.25. The Bertz CT molecular complexity index is 645. The summed E-state index contributed by atoms with van der Waals surface area (Å²) in [6.07, 6.45) is 6.30. The van der Waals surface area contributed by atoms with Crippen molar-refractivity contribution >= 4 is 5.82 Å². The fraction of sp³-hybridized carbons (Fsp3) is 0.500. The average Bonchev–Trinajstić information content (AvgIpc) is 2.62. The second kappa shape index (κ2) is 7.04. The monoisotopic (exact) mass is 312 g/mol. The molecule has 2 atom stereocenters. The minimum atomic E-state index is -0.273. The van der Waals surface area contributed by atoms with Crippen molar-refractivity contribution in [1.29, 1.82) is 0 Å². The SMILES string of the molecule is CCc1cc(N2CCCC(C(C)O)C2)nc(-c2ccncc2)n1. The molecule has 5 nitrogen and oxygen atoms in total. The second-order valence-electron chi connectivity index (χ2n) is 6.22. The van der Waals surface area contributed by atoms with Crippen LogP contribution in [-0.2, 0) is 6.42 Å². The molecular weight excluding hydrogens is 288 g/mol. The van der Waals surface area contributed by atoms with Gasteiger partial charge in [0.05, 0.1) is 6.10 Å². The lowest BCUT2D eigenvalue weighted by Crippen LogP contribution is -2.40. The predicted octanol–water partition coefficient (Wildman–Crippen LogP) is 2.70. The standard InChI is InChI=1S/C18H24N4O/c1-3-16-11-17(22-10-4-5-15(12-22)13(2)23)21-18(20-16)14-6-8-19-9-7-14/h6-9,11,13,15,23H,3-5,10,12H2,1-2H3. The molecule has 5 heteroatoms. The van der Waals surface area contributed by atoms with E-state index in [1.165, 1.54) is 0 Å². The quantitative estimate of drug-likeness (QED) is 0.940. The van der Waals surface area contributed by atoms with E-state index >= 15 is 0 Å². The van der Waals surface area contributed by atoms with E-state index < -0.39 is 0 Å². The lowest BCUT2D eigenvalue weighted by atomic mass is 9.93. The summed E-state index contributed by atoms with van der Waals surface area (Å²) in [5, 5.41) is 9.91. The highest BCUT2D eigenvalue weighted by atomic mass is 16.3. The lowest BCUT2D eigenvalue weighted by Gasteiger charge is -2.35. The van der Waals surface area contributed by atoms with Crippen LogP contribution < -0.4 is 4.90 Å². The van der Waals surface area contributed by atoms with Crippen molar-refractivity contribution in [2.24, 2.45) is 5.92 Å². The van der Waals surface area contributed by atoms with Crippen molar-refractivity contribution in [1.82, 2.24) is 15.0 Å². The van der Waals surface area contributed by atoms with E-state index in [2.05, 4.69) is 27.9 Å². The molecule has 1 aliphatic rings. The Morgan fingerprint density at radius 2 is 2.09 bits per heavy atom. The summed E-state index contributed by atoms with van der Waals surface area (Å²) in [6.45, 7) is 5.83. The van der Waals surface area contributed by atoms with Gasteiger partial charge in [-0.2, -0.15) is 0 Å². The Labute approximate surface area is 137 Å². The number of aliphatic hydroxyl groups is 1. The van der Waals surface area contributed by atoms with Gasteiger partial charge in [0.25, 0.3) is 0 Å². The lowest BCUT2D eigenvalue weighted by molar-refractivity contribution is 0.115. The van der Waals surface area contributed by atoms with Gasteiger partial charge in [-0.3, -0.25) is 4.98 Å². The van der Waals surface area contributed by atoms with Gasteiger partial charge < -0.3 is 10.0 Å². The molecule has 122 valence electrons. The number of aromatic nitrogens is 3. The highest BCUT2D eigenvalue weighted by Crippen LogP contribution is 2.26.